The summed E-state index contributed by atoms with van der Waals surface area (Å²) in [5.74, 6) is -4.27. The predicted octanol–water partition coefficient (Wildman–Crippen LogP) is 6.12. The van der Waals surface area contributed by atoms with E-state index in [9.17, 15) is 31.5 Å². The lowest BCUT2D eigenvalue weighted by Gasteiger charge is -2.35. The van der Waals surface area contributed by atoms with Gasteiger partial charge in [0.1, 0.15) is 5.60 Å². The Bertz CT molecular complexity index is 1130. The molecule has 4 nitrogen and oxygen atoms in total. The molecule has 9 heteroatoms. The Hall–Kier alpha value is -3.23. The summed E-state index contributed by atoms with van der Waals surface area (Å²) in [5, 5.41) is 0. The number of nitrogens with zero attached hydrogens (tertiary/aromatic N) is 1. The lowest BCUT2D eigenvalue weighted by atomic mass is 9.83. The maximum atomic E-state index is 14.3. The number of amides is 1. The standard InChI is InChI=1S/C25H24F5NO3/c1-14-21(23(33)34-24(2,3)4)18(15-8-10-17(11-9-15)25(28,29)30)12-20(32)31(14)13-16-6-5-7-19(26)22(16)27/h5-11,18H,12-13H2,1-4H3. The van der Waals surface area contributed by atoms with E-state index in [0.717, 1.165) is 23.1 Å². The second-order valence-electron chi connectivity index (χ2n) is 9.07. The molecule has 2 aromatic rings. The number of carbonyl (C=O) groups is 2. The van der Waals surface area contributed by atoms with E-state index < -0.39 is 46.8 Å². The monoisotopic (exact) mass is 481 g/mol. The summed E-state index contributed by atoms with van der Waals surface area (Å²) in [6.07, 6.45) is -4.79. The van der Waals surface area contributed by atoms with E-state index in [2.05, 4.69) is 0 Å². The van der Waals surface area contributed by atoms with Gasteiger partial charge in [-0.2, -0.15) is 13.2 Å². The van der Waals surface area contributed by atoms with Crippen LogP contribution in [-0.2, 0) is 27.0 Å². The quantitative estimate of drug-likeness (QED) is 0.391. The normalized spacial score (nSPS) is 17.3. The van der Waals surface area contributed by atoms with Crippen molar-refractivity contribution in [2.75, 3.05) is 0 Å². The molecule has 0 aromatic heterocycles. The van der Waals surface area contributed by atoms with Crippen molar-refractivity contribution in [3.63, 3.8) is 0 Å². The van der Waals surface area contributed by atoms with Crippen LogP contribution in [0.5, 0.6) is 0 Å². The van der Waals surface area contributed by atoms with Gasteiger partial charge in [0.15, 0.2) is 11.6 Å². The topological polar surface area (TPSA) is 46.6 Å². The molecule has 0 aliphatic carbocycles. The molecule has 0 radical (unpaired) electrons. The predicted molar refractivity (Wildman–Crippen MR) is 114 cm³/mol. The van der Waals surface area contributed by atoms with E-state index in [1.54, 1.807) is 20.8 Å². The molecule has 1 amide bonds. The van der Waals surface area contributed by atoms with Gasteiger partial charge in [-0.1, -0.05) is 24.3 Å². The number of allylic oxidation sites excluding steroid dienone is 1. The molecule has 2 aromatic carbocycles. The third-order valence-electron chi connectivity index (χ3n) is 5.44. The minimum atomic E-state index is -4.54. The van der Waals surface area contributed by atoms with Crippen LogP contribution in [0.2, 0.25) is 0 Å². The molecule has 182 valence electrons. The zero-order valence-electron chi connectivity index (χ0n) is 19.1. The Balaban J connectivity index is 2.07. The van der Waals surface area contributed by atoms with Crippen molar-refractivity contribution < 1.29 is 36.3 Å². The van der Waals surface area contributed by atoms with Crippen molar-refractivity contribution in [3.05, 3.63) is 82.1 Å². The van der Waals surface area contributed by atoms with E-state index in [-0.39, 0.29) is 29.8 Å². The zero-order valence-corrected chi connectivity index (χ0v) is 19.1. The van der Waals surface area contributed by atoms with Crippen LogP contribution >= 0.6 is 0 Å². The first-order chi connectivity index (χ1) is 15.7. The van der Waals surface area contributed by atoms with Crippen LogP contribution in [-0.4, -0.2) is 22.4 Å². The van der Waals surface area contributed by atoms with Gasteiger partial charge in [0.2, 0.25) is 5.91 Å². The summed E-state index contributed by atoms with van der Waals surface area (Å²) >= 11 is 0. The van der Waals surface area contributed by atoms with Crippen molar-refractivity contribution >= 4 is 11.9 Å². The smallest absolute Gasteiger partial charge is 0.416 e. The highest BCUT2D eigenvalue weighted by atomic mass is 19.4. The van der Waals surface area contributed by atoms with E-state index in [0.29, 0.717) is 5.56 Å². The highest BCUT2D eigenvalue weighted by molar-refractivity contribution is 5.96. The number of halogens is 5. The number of ether oxygens (including phenoxy) is 1. The number of esters is 1. The van der Waals surface area contributed by atoms with Gasteiger partial charge >= 0.3 is 12.1 Å². The zero-order chi connectivity index (χ0) is 25.4. The number of hydrogen-bond donors (Lipinski definition) is 0. The van der Waals surface area contributed by atoms with E-state index >= 15 is 0 Å². The molecule has 1 aliphatic heterocycles. The van der Waals surface area contributed by atoms with Crippen molar-refractivity contribution in [1.82, 2.24) is 4.90 Å². The molecule has 0 saturated heterocycles. The maximum absolute atomic E-state index is 14.3. The number of benzene rings is 2. The van der Waals surface area contributed by atoms with E-state index in [4.69, 9.17) is 4.74 Å². The minimum Gasteiger partial charge on any atom is -0.457 e. The molecule has 3 rings (SSSR count). The van der Waals surface area contributed by atoms with E-state index in [1.807, 2.05) is 0 Å². The first kappa shape index (κ1) is 25.4. The fraction of sp³-hybridized carbons (Fsp3) is 0.360. The maximum Gasteiger partial charge on any atom is 0.416 e. The molecule has 0 N–H and O–H groups in total. The summed E-state index contributed by atoms with van der Waals surface area (Å²) in [5.41, 5.74) is -1.25. The number of rotatable bonds is 4. The van der Waals surface area contributed by atoms with Gasteiger partial charge in [0, 0.05) is 23.6 Å². The first-order valence-corrected chi connectivity index (χ1v) is 10.5. The van der Waals surface area contributed by atoms with Gasteiger partial charge in [-0.3, -0.25) is 4.79 Å². The molecule has 34 heavy (non-hydrogen) atoms. The molecular formula is C25H24F5NO3. The highest BCUT2D eigenvalue weighted by Crippen LogP contribution is 2.39. The van der Waals surface area contributed by atoms with Gasteiger partial charge < -0.3 is 9.64 Å². The summed E-state index contributed by atoms with van der Waals surface area (Å²) < 4.78 is 72.4. The lowest BCUT2D eigenvalue weighted by molar-refractivity contribution is -0.151. The van der Waals surface area contributed by atoms with Crippen LogP contribution in [0.25, 0.3) is 0 Å². The van der Waals surface area contributed by atoms with Crippen molar-refractivity contribution in [1.29, 1.82) is 0 Å². The van der Waals surface area contributed by atoms with Gasteiger partial charge in [-0.25, -0.2) is 13.6 Å². The van der Waals surface area contributed by atoms with Crippen LogP contribution < -0.4 is 0 Å². The van der Waals surface area contributed by atoms with E-state index in [1.165, 1.54) is 31.2 Å². The van der Waals surface area contributed by atoms with Crippen LogP contribution in [0.3, 0.4) is 0 Å². The van der Waals surface area contributed by atoms with Crippen LogP contribution in [0, 0.1) is 11.6 Å². The van der Waals surface area contributed by atoms with Crippen LogP contribution in [0.4, 0.5) is 22.0 Å². The first-order valence-electron chi connectivity index (χ1n) is 10.5. The number of alkyl halides is 3. The Kier molecular flexibility index (Phi) is 6.87. The summed E-state index contributed by atoms with van der Waals surface area (Å²) in [4.78, 5) is 27.3. The largest absolute Gasteiger partial charge is 0.457 e. The number of carbonyl (C=O) groups excluding carboxylic acids is 2. The molecule has 0 bridgehead atoms. The average molecular weight is 481 g/mol. The second kappa shape index (κ2) is 9.19. The summed E-state index contributed by atoms with van der Waals surface area (Å²) in [7, 11) is 0. The van der Waals surface area contributed by atoms with Crippen molar-refractivity contribution in [3.8, 4) is 0 Å². The van der Waals surface area contributed by atoms with Gasteiger partial charge in [0.25, 0.3) is 0 Å². The Morgan fingerprint density at radius 2 is 1.68 bits per heavy atom. The lowest BCUT2D eigenvalue weighted by Crippen LogP contribution is -2.39. The fourth-order valence-corrected chi connectivity index (χ4v) is 3.83. The molecular weight excluding hydrogens is 457 g/mol. The molecule has 1 aliphatic rings. The molecule has 1 heterocycles. The van der Waals surface area contributed by atoms with Crippen LogP contribution in [0.1, 0.15) is 56.7 Å². The fourth-order valence-electron chi connectivity index (χ4n) is 3.83. The molecule has 0 spiro atoms. The molecule has 0 saturated carbocycles. The van der Waals surface area contributed by atoms with Gasteiger partial charge in [-0.15, -0.1) is 0 Å². The molecule has 1 atom stereocenters. The Morgan fingerprint density at radius 1 is 1.06 bits per heavy atom. The third kappa shape index (κ3) is 5.46. The molecule has 0 fully saturated rings. The van der Waals surface area contributed by atoms with Crippen molar-refractivity contribution in [2.24, 2.45) is 0 Å². The third-order valence-corrected chi connectivity index (χ3v) is 5.44. The van der Waals surface area contributed by atoms with Gasteiger partial charge in [-0.05, 0) is 51.5 Å². The Morgan fingerprint density at radius 3 is 2.24 bits per heavy atom. The van der Waals surface area contributed by atoms with Crippen molar-refractivity contribution in [2.45, 2.75) is 58.4 Å². The van der Waals surface area contributed by atoms with Crippen LogP contribution in [0.15, 0.2) is 53.7 Å². The highest BCUT2D eigenvalue weighted by Gasteiger charge is 2.39. The summed E-state index contributed by atoms with van der Waals surface area (Å²) in [6, 6.07) is 7.80. The second-order valence-corrected chi connectivity index (χ2v) is 9.07. The SMILES string of the molecule is CC1=C(C(=O)OC(C)(C)C)C(c2ccc(C(F)(F)F)cc2)CC(=O)N1Cc1cccc(F)c1F. The minimum absolute atomic E-state index is 0.0751. The summed E-state index contributed by atoms with van der Waals surface area (Å²) in [6.45, 7) is 6.12. The number of hydrogen-bond acceptors (Lipinski definition) is 3. The van der Waals surface area contributed by atoms with Gasteiger partial charge in [0.05, 0.1) is 17.7 Å². The molecule has 1 unspecified atom stereocenters. The average Bonchev–Trinajstić information content (AvgIpc) is 2.71. The Labute approximate surface area is 194 Å².